The Balaban J connectivity index is 1.45. The zero-order valence-electron chi connectivity index (χ0n) is 21.0. The number of carbonyl (C=O) groups is 3. The molecule has 3 amide bonds. The lowest BCUT2D eigenvalue weighted by molar-refractivity contribution is -0.140. The quantitative estimate of drug-likeness (QED) is 0.361. The fraction of sp³-hybridized carbons (Fsp3) is 0.345. The zero-order chi connectivity index (χ0) is 25.8. The van der Waals surface area contributed by atoms with Gasteiger partial charge in [0.2, 0.25) is 11.8 Å². The Hall–Kier alpha value is -3.19. The van der Waals surface area contributed by atoms with Gasteiger partial charge in [-0.05, 0) is 54.5 Å². The Morgan fingerprint density at radius 3 is 2.39 bits per heavy atom. The molecule has 1 aliphatic heterocycles. The van der Waals surface area contributed by atoms with E-state index < -0.39 is 6.04 Å². The van der Waals surface area contributed by atoms with E-state index in [1.807, 2.05) is 74.5 Å². The number of anilines is 1. The predicted octanol–water partition coefficient (Wildman–Crippen LogP) is 5.53. The highest BCUT2D eigenvalue weighted by Crippen LogP contribution is 2.37. The van der Waals surface area contributed by atoms with E-state index in [0.29, 0.717) is 37.5 Å². The lowest BCUT2D eigenvalue weighted by atomic mass is 10.1. The van der Waals surface area contributed by atoms with E-state index in [2.05, 4.69) is 21.2 Å². The Morgan fingerprint density at radius 1 is 1.00 bits per heavy atom. The third-order valence-electron chi connectivity index (χ3n) is 6.54. The van der Waals surface area contributed by atoms with Crippen molar-refractivity contribution in [3.63, 3.8) is 0 Å². The van der Waals surface area contributed by atoms with Gasteiger partial charge in [0.25, 0.3) is 5.91 Å². The number of hydrogen-bond acceptors (Lipinski definition) is 3. The molecule has 1 unspecified atom stereocenters. The predicted molar refractivity (Wildman–Crippen MR) is 147 cm³/mol. The minimum Gasteiger partial charge on any atom is -0.354 e. The van der Waals surface area contributed by atoms with Gasteiger partial charge in [-0.3, -0.25) is 14.4 Å². The zero-order valence-corrected chi connectivity index (χ0v) is 22.5. The molecule has 3 aromatic carbocycles. The van der Waals surface area contributed by atoms with Crippen LogP contribution in [0.15, 0.2) is 65.1 Å². The fourth-order valence-electron chi connectivity index (χ4n) is 4.55. The number of halogens is 1. The van der Waals surface area contributed by atoms with Gasteiger partial charge in [-0.15, -0.1) is 0 Å². The van der Waals surface area contributed by atoms with Crippen LogP contribution in [0.1, 0.15) is 49.5 Å². The second-order valence-corrected chi connectivity index (χ2v) is 10.6. The number of amides is 3. The largest absolute Gasteiger partial charge is 0.354 e. The minimum atomic E-state index is -0.605. The summed E-state index contributed by atoms with van der Waals surface area (Å²) in [6.07, 6.45) is 0.751. The molecule has 0 bridgehead atoms. The van der Waals surface area contributed by atoms with Crippen LogP contribution in [0.25, 0.3) is 10.8 Å². The molecule has 7 heteroatoms. The number of carbonyl (C=O) groups excluding carboxylic acids is 3. The summed E-state index contributed by atoms with van der Waals surface area (Å²) in [5.41, 5.74) is 2.56. The fourth-order valence-corrected chi connectivity index (χ4v) is 4.82. The highest BCUT2D eigenvalue weighted by atomic mass is 79.9. The molecule has 4 rings (SSSR count). The number of nitrogens with zero attached hydrogens (tertiary/aromatic N) is 2. The summed E-state index contributed by atoms with van der Waals surface area (Å²) in [5, 5.41) is 4.96. The van der Waals surface area contributed by atoms with Crippen LogP contribution in [0.4, 0.5) is 5.69 Å². The van der Waals surface area contributed by atoms with Crippen molar-refractivity contribution in [1.29, 1.82) is 0 Å². The van der Waals surface area contributed by atoms with Gasteiger partial charge in [-0.1, -0.05) is 66.2 Å². The number of rotatable bonds is 10. The topological polar surface area (TPSA) is 69.7 Å². The Morgan fingerprint density at radius 2 is 1.69 bits per heavy atom. The summed E-state index contributed by atoms with van der Waals surface area (Å²) in [6.45, 7) is 7.19. The molecular weight excluding hydrogens is 518 g/mol. The molecule has 0 fully saturated rings. The first-order valence-electron chi connectivity index (χ1n) is 12.4. The lowest BCUT2D eigenvalue weighted by Crippen LogP contribution is -2.48. The number of nitrogens with one attached hydrogen (secondary N) is 1. The maximum absolute atomic E-state index is 13.4. The van der Waals surface area contributed by atoms with Crippen molar-refractivity contribution in [3.8, 4) is 0 Å². The van der Waals surface area contributed by atoms with Crippen LogP contribution < -0.4 is 10.2 Å². The van der Waals surface area contributed by atoms with E-state index in [9.17, 15) is 14.4 Å². The molecule has 0 aliphatic carbocycles. The maximum Gasteiger partial charge on any atom is 0.258 e. The normalized spacial score (nSPS) is 13.4. The van der Waals surface area contributed by atoms with Crippen molar-refractivity contribution >= 4 is 50.1 Å². The van der Waals surface area contributed by atoms with Gasteiger partial charge in [0.1, 0.15) is 6.04 Å². The molecule has 3 aromatic rings. The average molecular weight is 550 g/mol. The third-order valence-corrected chi connectivity index (χ3v) is 7.07. The summed E-state index contributed by atoms with van der Waals surface area (Å²) in [6, 6.07) is 18.8. The van der Waals surface area contributed by atoms with E-state index in [4.69, 9.17) is 0 Å². The summed E-state index contributed by atoms with van der Waals surface area (Å²) < 4.78 is 0.957. The first kappa shape index (κ1) is 25.9. The van der Waals surface area contributed by atoms with Crippen molar-refractivity contribution in [1.82, 2.24) is 10.2 Å². The lowest BCUT2D eigenvalue weighted by Gasteiger charge is -2.29. The van der Waals surface area contributed by atoms with Crippen LogP contribution in [0, 0.1) is 5.92 Å². The molecule has 0 spiro atoms. The van der Waals surface area contributed by atoms with Crippen LogP contribution in [0.2, 0.25) is 0 Å². The Kier molecular flexibility index (Phi) is 8.09. The molecule has 1 aliphatic rings. The van der Waals surface area contributed by atoms with Crippen molar-refractivity contribution < 1.29 is 14.4 Å². The minimum absolute atomic E-state index is 0.0256. The Bertz CT molecular complexity index is 1270. The molecule has 0 aromatic heterocycles. The van der Waals surface area contributed by atoms with Gasteiger partial charge in [-0.25, -0.2) is 0 Å². The van der Waals surface area contributed by atoms with E-state index in [1.54, 1.807) is 16.7 Å². The van der Waals surface area contributed by atoms with Gasteiger partial charge in [-0.2, -0.15) is 0 Å². The van der Waals surface area contributed by atoms with E-state index >= 15 is 0 Å². The van der Waals surface area contributed by atoms with E-state index in [1.165, 1.54) is 0 Å². The van der Waals surface area contributed by atoms with Gasteiger partial charge < -0.3 is 15.1 Å². The molecule has 188 valence electrons. The second-order valence-electron chi connectivity index (χ2n) is 9.70. The van der Waals surface area contributed by atoms with E-state index in [-0.39, 0.29) is 24.1 Å². The van der Waals surface area contributed by atoms with E-state index in [0.717, 1.165) is 26.5 Å². The summed E-state index contributed by atoms with van der Waals surface area (Å²) in [5.74, 6) is 0.0317. The van der Waals surface area contributed by atoms with Gasteiger partial charge in [0.15, 0.2) is 0 Å². The first-order valence-corrected chi connectivity index (χ1v) is 13.2. The van der Waals surface area contributed by atoms with Crippen LogP contribution in [0.3, 0.4) is 0 Å². The Labute approximate surface area is 220 Å². The SMILES string of the molecule is CC(C)CNC(=O)C(C)N(Cc1ccc(Br)cc1)C(=O)CCCN1C(=O)c2cccc3cccc1c23. The highest BCUT2D eigenvalue weighted by molar-refractivity contribution is 9.10. The third kappa shape index (κ3) is 5.62. The van der Waals surface area contributed by atoms with Crippen LogP contribution in [-0.4, -0.2) is 41.8 Å². The monoisotopic (exact) mass is 549 g/mol. The maximum atomic E-state index is 13.4. The molecule has 1 heterocycles. The molecule has 0 saturated heterocycles. The summed E-state index contributed by atoms with van der Waals surface area (Å²) in [4.78, 5) is 42.7. The standard InChI is InChI=1S/C29H32BrN3O3/c1-19(2)17-31-28(35)20(3)33(18-21-12-14-23(30)15-13-21)26(34)11-6-16-32-25-10-5-8-22-7-4-9-24(27(22)25)29(32)36/h4-5,7-10,12-15,19-20H,6,11,16-18H2,1-3H3,(H,31,35). The molecule has 36 heavy (non-hydrogen) atoms. The van der Waals surface area contributed by atoms with Crippen molar-refractivity contribution in [2.45, 2.75) is 46.2 Å². The first-order chi connectivity index (χ1) is 17.3. The summed E-state index contributed by atoms with van der Waals surface area (Å²) >= 11 is 3.44. The summed E-state index contributed by atoms with van der Waals surface area (Å²) in [7, 11) is 0. The van der Waals surface area contributed by atoms with Crippen molar-refractivity contribution in [3.05, 3.63) is 76.3 Å². The average Bonchev–Trinajstić information content (AvgIpc) is 3.14. The smallest absolute Gasteiger partial charge is 0.258 e. The molecule has 0 radical (unpaired) electrons. The molecule has 0 saturated carbocycles. The van der Waals surface area contributed by atoms with Crippen molar-refractivity contribution in [2.24, 2.45) is 5.92 Å². The molecular formula is C29H32BrN3O3. The van der Waals surface area contributed by atoms with Gasteiger partial charge in [0, 0.05) is 41.5 Å². The van der Waals surface area contributed by atoms with Crippen LogP contribution in [-0.2, 0) is 16.1 Å². The van der Waals surface area contributed by atoms with Crippen LogP contribution >= 0.6 is 15.9 Å². The van der Waals surface area contributed by atoms with Crippen LogP contribution in [0.5, 0.6) is 0 Å². The van der Waals surface area contributed by atoms with Gasteiger partial charge >= 0.3 is 0 Å². The molecule has 1 N–H and O–H groups in total. The molecule has 6 nitrogen and oxygen atoms in total. The second kappa shape index (κ2) is 11.2. The molecule has 1 atom stereocenters. The van der Waals surface area contributed by atoms with Crippen molar-refractivity contribution in [2.75, 3.05) is 18.0 Å². The van der Waals surface area contributed by atoms with Gasteiger partial charge in [0.05, 0.1) is 5.69 Å². The number of benzene rings is 3. The highest BCUT2D eigenvalue weighted by Gasteiger charge is 2.30. The number of hydrogen-bond donors (Lipinski definition) is 1.